The summed E-state index contributed by atoms with van der Waals surface area (Å²) in [5.41, 5.74) is 2.54. The number of carbonyl (C=O) groups excluding carboxylic acids is 1. The van der Waals surface area contributed by atoms with E-state index in [-0.39, 0.29) is 5.43 Å². The SMILES string of the molecule is C=CCc1c(C)[nH]c2ccc(C(=O)OCC)cc2c1=O. The highest BCUT2D eigenvalue weighted by Gasteiger charge is 2.12. The molecule has 104 valence electrons. The number of hydrogen-bond donors (Lipinski definition) is 1. The van der Waals surface area contributed by atoms with Gasteiger partial charge >= 0.3 is 5.97 Å². The van der Waals surface area contributed by atoms with Crippen molar-refractivity contribution in [3.63, 3.8) is 0 Å². The fourth-order valence-electron chi connectivity index (χ4n) is 2.18. The van der Waals surface area contributed by atoms with Crippen LogP contribution < -0.4 is 5.43 Å². The summed E-state index contributed by atoms with van der Waals surface area (Å²) in [5.74, 6) is -0.417. The smallest absolute Gasteiger partial charge is 0.338 e. The van der Waals surface area contributed by atoms with Gasteiger partial charge in [-0.05, 0) is 38.5 Å². The first-order valence-electron chi connectivity index (χ1n) is 6.52. The maximum Gasteiger partial charge on any atom is 0.338 e. The molecule has 1 aromatic carbocycles. The number of esters is 1. The number of H-pyrrole nitrogens is 1. The summed E-state index contributed by atoms with van der Waals surface area (Å²) in [5, 5.41) is 0.498. The van der Waals surface area contributed by atoms with E-state index in [4.69, 9.17) is 4.74 Å². The third-order valence-corrected chi connectivity index (χ3v) is 3.17. The molecule has 0 atom stereocenters. The Morgan fingerprint density at radius 2 is 2.20 bits per heavy atom. The van der Waals surface area contributed by atoms with Crippen molar-refractivity contribution in [2.24, 2.45) is 0 Å². The van der Waals surface area contributed by atoms with Crippen molar-refractivity contribution >= 4 is 16.9 Å². The molecule has 1 N–H and O–H groups in total. The predicted molar refractivity (Wildman–Crippen MR) is 79.2 cm³/mol. The third kappa shape index (κ3) is 2.50. The lowest BCUT2D eigenvalue weighted by Crippen LogP contribution is -2.14. The van der Waals surface area contributed by atoms with Crippen molar-refractivity contribution in [2.75, 3.05) is 6.61 Å². The Kier molecular flexibility index (Phi) is 4.03. The average molecular weight is 271 g/mol. The van der Waals surface area contributed by atoms with Crippen LogP contribution in [0, 0.1) is 6.92 Å². The fourth-order valence-corrected chi connectivity index (χ4v) is 2.18. The largest absolute Gasteiger partial charge is 0.462 e. The molecule has 1 aromatic heterocycles. The van der Waals surface area contributed by atoms with Gasteiger partial charge in [0.2, 0.25) is 0 Å². The molecule has 0 saturated carbocycles. The highest BCUT2D eigenvalue weighted by Crippen LogP contribution is 2.15. The summed E-state index contributed by atoms with van der Waals surface area (Å²) in [6.07, 6.45) is 2.19. The van der Waals surface area contributed by atoms with Gasteiger partial charge in [0.25, 0.3) is 0 Å². The number of fused-ring (bicyclic) bond motifs is 1. The molecule has 2 rings (SSSR count). The van der Waals surface area contributed by atoms with Gasteiger partial charge in [0.1, 0.15) is 0 Å². The molecule has 0 spiro atoms. The zero-order chi connectivity index (χ0) is 14.7. The number of aromatic amines is 1. The molecule has 0 fully saturated rings. The van der Waals surface area contributed by atoms with Gasteiger partial charge in [0.05, 0.1) is 12.2 Å². The second-order valence-electron chi connectivity index (χ2n) is 4.53. The Morgan fingerprint density at radius 1 is 1.45 bits per heavy atom. The minimum absolute atomic E-state index is 0.0673. The zero-order valence-electron chi connectivity index (χ0n) is 11.7. The lowest BCUT2D eigenvalue weighted by molar-refractivity contribution is 0.0526. The Morgan fingerprint density at radius 3 is 2.85 bits per heavy atom. The summed E-state index contributed by atoms with van der Waals surface area (Å²) in [7, 11) is 0. The van der Waals surface area contributed by atoms with Crippen molar-refractivity contribution in [3.05, 3.63) is 57.9 Å². The van der Waals surface area contributed by atoms with Gasteiger partial charge in [0, 0.05) is 22.2 Å². The summed E-state index contributed by atoms with van der Waals surface area (Å²) in [6, 6.07) is 4.97. The number of aryl methyl sites for hydroxylation is 1. The number of aromatic nitrogens is 1. The highest BCUT2D eigenvalue weighted by atomic mass is 16.5. The number of hydrogen-bond acceptors (Lipinski definition) is 3. The quantitative estimate of drug-likeness (QED) is 0.687. The second kappa shape index (κ2) is 5.74. The van der Waals surface area contributed by atoms with Crippen LogP contribution in [0.1, 0.15) is 28.5 Å². The molecular formula is C16H17NO3. The number of ether oxygens (including phenoxy) is 1. The lowest BCUT2D eigenvalue weighted by atomic mass is 10.0. The van der Waals surface area contributed by atoms with E-state index in [9.17, 15) is 9.59 Å². The second-order valence-corrected chi connectivity index (χ2v) is 4.53. The van der Waals surface area contributed by atoms with E-state index >= 15 is 0 Å². The van der Waals surface area contributed by atoms with Crippen LogP contribution in [0.4, 0.5) is 0 Å². The van der Waals surface area contributed by atoms with Gasteiger partial charge < -0.3 is 9.72 Å². The van der Waals surface area contributed by atoms with Crippen LogP contribution in [0.5, 0.6) is 0 Å². The molecule has 1 heterocycles. The average Bonchev–Trinajstić information content (AvgIpc) is 2.43. The minimum atomic E-state index is -0.417. The van der Waals surface area contributed by atoms with E-state index in [2.05, 4.69) is 11.6 Å². The summed E-state index contributed by atoms with van der Waals surface area (Å²) in [6.45, 7) is 7.58. The lowest BCUT2D eigenvalue weighted by Gasteiger charge is -2.08. The fraction of sp³-hybridized carbons (Fsp3) is 0.250. The molecule has 2 aromatic rings. The molecule has 0 aliphatic carbocycles. The number of pyridine rings is 1. The van der Waals surface area contributed by atoms with Crippen molar-refractivity contribution in [2.45, 2.75) is 20.3 Å². The monoisotopic (exact) mass is 271 g/mol. The third-order valence-electron chi connectivity index (χ3n) is 3.17. The highest BCUT2D eigenvalue weighted by molar-refractivity contribution is 5.94. The van der Waals surface area contributed by atoms with Crippen LogP contribution in [0.25, 0.3) is 10.9 Å². The van der Waals surface area contributed by atoms with E-state index in [1.165, 1.54) is 0 Å². The minimum Gasteiger partial charge on any atom is -0.462 e. The molecule has 0 bridgehead atoms. The van der Waals surface area contributed by atoms with Crippen LogP contribution in [0.3, 0.4) is 0 Å². The normalized spacial score (nSPS) is 10.5. The van der Waals surface area contributed by atoms with Crippen LogP contribution in [-0.4, -0.2) is 17.6 Å². The van der Waals surface area contributed by atoms with Crippen LogP contribution >= 0.6 is 0 Å². The standard InChI is InChI=1S/C16H17NO3/c1-4-6-12-10(3)17-14-8-7-11(16(19)20-5-2)9-13(14)15(12)18/h4,7-9H,1,5-6H2,2-3H3,(H,17,18). The van der Waals surface area contributed by atoms with Gasteiger partial charge in [-0.2, -0.15) is 0 Å². The van der Waals surface area contributed by atoms with Crippen molar-refractivity contribution in [3.8, 4) is 0 Å². The van der Waals surface area contributed by atoms with E-state index < -0.39 is 5.97 Å². The molecule has 4 heteroatoms. The zero-order valence-corrected chi connectivity index (χ0v) is 11.7. The van der Waals surface area contributed by atoms with Crippen molar-refractivity contribution < 1.29 is 9.53 Å². The first-order chi connectivity index (χ1) is 9.58. The maximum absolute atomic E-state index is 12.5. The first kappa shape index (κ1) is 14.1. The first-order valence-corrected chi connectivity index (χ1v) is 6.52. The van der Waals surface area contributed by atoms with Crippen LogP contribution in [0.15, 0.2) is 35.6 Å². The Hall–Kier alpha value is -2.36. The Balaban J connectivity index is 2.64. The van der Waals surface area contributed by atoms with E-state index in [1.54, 1.807) is 31.2 Å². The molecular weight excluding hydrogens is 254 g/mol. The Bertz CT molecular complexity index is 728. The number of rotatable bonds is 4. The molecule has 0 aliphatic rings. The molecule has 0 saturated heterocycles. The molecule has 0 unspecified atom stereocenters. The van der Waals surface area contributed by atoms with Crippen LogP contribution in [0.2, 0.25) is 0 Å². The van der Waals surface area contributed by atoms with E-state index in [1.807, 2.05) is 6.92 Å². The predicted octanol–water partition coefficient (Wildman–Crippen LogP) is 2.74. The summed E-state index contributed by atoms with van der Waals surface area (Å²) >= 11 is 0. The topological polar surface area (TPSA) is 59.2 Å². The van der Waals surface area contributed by atoms with Gasteiger partial charge in [0.15, 0.2) is 5.43 Å². The summed E-state index contributed by atoms with van der Waals surface area (Å²) in [4.78, 5) is 27.4. The molecule has 0 radical (unpaired) electrons. The number of benzene rings is 1. The molecule has 20 heavy (non-hydrogen) atoms. The van der Waals surface area contributed by atoms with Crippen molar-refractivity contribution in [1.82, 2.24) is 4.98 Å². The van der Waals surface area contributed by atoms with Crippen LogP contribution in [-0.2, 0) is 11.2 Å². The molecule has 4 nitrogen and oxygen atoms in total. The van der Waals surface area contributed by atoms with E-state index in [0.717, 1.165) is 5.69 Å². The van der Waals surface area contributed by atoms with Gasteiger partial charge in [-0.25, -0.2) is 4.79 Å². The van der Waals surface area contributed by atoms with Crippen molar-refractivity contribution in [1.29, 1.82) is 0 Å². The van der Waals surface area contributed by atoms with Gasteiger partial charge in [-0.15, -0.1) is 6.58 Å². The summed E-state index contributed by atoms with van der Waals surface area (Å²) < 4.78 is 4.95. The maximum atomic E-state index is 12.5. The number of allylic oxidation sites excluding steroid dienone is 1. The number of nitrogens with one attached hydrogen (secondary N) is 1. The number of carbonyl (C=O) groups is 1. The Labute approximate surface area is 117 Å². The molecule has 0 aliphatic heterocycles. The van der Waals surface area contributed by atoms with Gasteiger partial charge in [-0.1, -0.05) is 6.08 Å². The van der Waals surface area contributed by atoms with Gasteiger partial charge in [-0.3, -0.25) is 4.79 Å². The van der Waals surface area contributed by atoms with E-state index in [0.29, 0.717) is 35.1 Å². The molecule has 0 amide bonds.